The quantitative estimate of drug-likeness (QED) is 0.898. The minimum Gasteiger partial charge on any atom is -0.495 e. The van der Waals surface area contributed by atoms with Crippen LogP contribution < -0.4 is 10.1 Å². The Balaban J connectivity index is 2.22. The number of hydrogen-bond acceptors (Lipinski definition) is 3. The van der Waals surface area contributed by atoms with Gasteiger partial charge in [0.2, 0.25) is 0 Å². The summed E-state index contributed by atoms with van der Waals surface area (Å²) in [5.74, 6) is 1.36. The molecule has 1 aromatic rings. The zero-order valence-corrected chi connectivity index (χ0v) is 12.4. The van der Waals surface area contributed by atoms with Gasteiger partial charge in [0.05, 0.1) is 12.1 Å². The van der Waals surface area contributed by atoms with Gasteiger partial charge in [-0.2, -0.15) is 0 Å². The van der Waals surface area contributed by atoms with E-state index in [4.69, 9.17) is 21.1 Å². The third-order valence-corrected chi connectivity index (χ3v) is 4.01. The van der Waals surface area contributed by atoms with Crippen LogP contribution in [0.5, 0.6) is 5.75 Å². The maximum atomic E-state index is 6.10. The van der Waals surface area contributed by atoms with Gasteiger partial charge < -0.3 is 14.8 Å². The van der Waals surface area contributed by atoms with E-state index in [1.165, 1.54) is 5.56 Å². The molecule has 0 bridgehead atoms. The molecule has 4 heteroatoms. The third-order valence-electron chi connectivity index (χ3n) is 3.70. The summed E-state index contributed by atoms with van der Waals surface area (Å²) in [5, 5.41) is 4.25. The second kappa shape index (κ2) is 7.13. The molecule has 1 aliphatic heterocycles. The number of nitrogens with one attached hydrogen (secondary N) is 1. The van der Waals surface area contributed by atoms with Crippen LogP contribution in [0.3, 0.4) is 0 Å². The number of benzene rings is 1. The maximum Gasteiger partial charge on any atom is 0.137 e. The van der Waals surface area contributed by atoms with Crippen LogP contribution in [0.4, 0.5) is 0 Å². The molecule has 0 amide bonds. The van der Waals surface area contributed by atoms with E-state index in [1.807, 2.05) is 12.1 Å². The second-order valence-corrected chi connectivity index (χ2v) is 5.29. The van der Waals surface area contributed by atoms with E-state index >= 15 is 0 Å². The highest BCUT2D eigenvalue weighted by atomic mass is 35.5. The Kier molecular flexibility index (Phi) is 5.49. The molecule has 1 heterocycles. The van der Waals surface area contributed by atoms with Gasteiger partial charge in [0.25, 0.3) is 0 Å². The summed E-state index contributed by atoms with van der Waals surface area (Å²) in [7, 11) is 1.65. The van der Waals surface area contributed by atoms with Crippen molar-refractivity contribution in [2.45, 2.75) is 25.8 Å². The van der Waals surface area contributed by atoms with E-state index in [0.717, 1.165) is 38.3 Å². The molecular formula is C15H22ClNO2. The van der Waals surface area contributed by atoms with Crippen LogP contribution in [0.15, 0.2) is 18.2 Å². The predicted molar refractivity (Wildman–Crippen MR) is 78.0 cm³/mol. The van der Waals surface area contributed by atoms with E-state index in [1.54, 1.807) is 7.11 Å². The molecule has 1 aliphatic rings. The van der Waals surface area contributed by atoms with Gasteiger partial charge in [-0.15, -0.1) is 0 Å². The lowest BCUT2D eigenvalue weighted by molar-refractivity contribution is 0.0538. The smallest absolute Gasteiger partial charge is 0.137 e. The standard InChI is InChI=1S/C15H22ClNO2/c1-3-17-15(11-6-8-19-9-7-11)12-4-5-13(16)14(10-12)18-2/h4-5,10-11,15,17H,3,6-9H2,1-2H3. The van der Waals surface area contributed by atoms with Crippen LogP contribution in [0.1, 0.15) is 31.4 Å². The molecule has 1 N–H and O–H groups in total. The Morgan fingerprint density at radius 3 is 2.79 bits per heavy atom. The highest BCUT2D eigenvalue weighted by Gasteiger charge is 2.25. The lowest BCUT2D eigenvalue weighted by Crippen LogP contribution is -2.32. The number of rotatable bonds is 5. The van der Waals surface area contributed by atoms with Crippen LogP contribution in [0.25, 0.3) is 0 Å². The number of hydrogen-bond donors (Lipinski definition) is 1. The molecule has 0 saturated carbocycles. The molecule has 1 fully saturated rings. The summed E-state index contributed by atoms with van der Waals surface area (Å²) in [6.07, 6.45) is 2.20. The fourth-order valence-corrected chi connectivity index (χ4v) is 2.89. The third kappa shape index (κ3) is 3.62. The summed E-state index contributed by atoms with van der Waals surface area (Å²) >= 11 is 6.10. The molecule has 2 rings (SSSR count). The summed E-state index contributed by atoms with van der Waals surface area (Å²) in [6.45, 7) is 4.81. The predicted octanol–water partition coefficient (Wildman–Crippen LogP) is 3.43. The van der Waals surface area contributed by atoms with Crippen LogP contribution in [0.2, 0.25) is 5.02 Å². The molecule has 1 aromatic carbocycles. The number of ether oxygens (including phenoxy) is 2. The van der Waals surface area contributed by atoms with Crippen LogP contribution >= 0.6 is 11.6 Å². The fourth-order valence-electron chi connectivity index (χ4n) is 2.70. The first-order chi connectivity index (χ1) is 9.26. The lowest BCUT2D eigenvalue weighted by atomic mass is 9.87. The van der Waals surface area contributed by atoms with Crippen LogP contribution in [-0.4, -0.2) is 26.9 Å². The Hall–Kier alpha value is -0.770. The fraction of sp³-hybridized carbons (Fsp3) is 0.600. The van der Waals surface area contributed by atoms with Gasteiger partial charge in [-0.25, -0.2) is 0 Å². The first-order valence-corrected chi connectivity index (χ1v) is 7.28. The number of halogens is 1. The Bertz CT molecular complexity index is 405. The van der Waals surface area contributed by atoms with Crippen molar-refractivity contribution in [3.8, 4) is 5.75 Å². The van der Waals surface area contributed by atoms with E-state index in [9.17, 15) is 0 Å². The van der Waals surface area contributed by atoms with Crippen molar-refractivity contribution in [3.05, 3.63) is 28.8 Å². The molecule has 0 radical (unpaired) electrons. The second-order valence-electron chi connectivity index (χ2n) is 4.88. The zero-order chi connectivity index (χ0) is 13.7. The van der Waals surface area contributed by atoms with E-state index in [2.05, 4.69) is 18.3 Å². The van der Waals surface area contributed by atoms with Gasteiger partial charge in [0, 0.05) is 19.3 Å². The summed E-state index contributed by atoms with van der Waals surface area (Å²) < 4.78 is 10.8. The van der Waals surface area contributed by atoms with E-state index in [0.29, 0.717) is 17.0 Å². The van der Waals surface area contributed by atoms with Gasteiger partial charge in [0.15, 0.2) is 0 Å². The average molecular weight is 284 g/mol. The van der Waals surface area contributed by atoms with Crippen LogP contribution in [-0.2, 0) is 4.74 Å². The highest BCUT2D eigenvalue weighted by Crippen LogP contribution is 2.34. The summed E-state index contributed by atoms with van der Waals surface area (Å²) in [5.41, 5.74) is 1.25. The molecule has 1 atom stereocenters. The molecule has 0 aliphatic carbocycles. The molecule has 0 spiro atoms. The molecular weight excluding hydrogens is 262 g/mol. The molecule has 19 heavy (non-hydrogen) atoms. The minimum absolute atomic E-state index is 0.347. The van der Waals surface area contributed by atoms with Crippen molar-refractivity contribution in [1.29, 1.82) is 0 Å². The van der Waals surface area contributed by atoms with Crippen molar-refractivity contribution in [1.82, 2.24) is 5.32 Å². The molecule has 0 aromatic heterocycles. The van der Waals surface area contributed by atoms with E-state index in [-0.39, 0.29) is 0 Å². The molecule has 1 unspecified atom stereocenters. The SMILES string of the molecule is CCNC(c1ccc(Cl)c(OC)c1)C1CCOCC1. The normalized spacial score (nSPS) is 18.3. The highest BCUT2D eigenvalue weighted by molar-refractivity contribution is 6.32. The molecule has 3 nitrogen and oxygen atoms in total. The number of methoxy groups -OCH3 is 1. The Morgan fingerprint density at radius 1 is 1.42 bits per heavy atom. The summed E-state index contributed by atoms with van der Waals surface area (Å²) in [6, 6.07) is 6.40. The van der Waals surface area contributed by atoms with Crippen molar-refractivity contribution < 1.29 is 9.47 Å². The first-order valence-electron chi connectivity index (χ1n) is 6.90. The largest absolute Gasteiger partial charge is 0.495 e. The molecule has 1 saturated heterocycles. The van der Waals surface area contributed by atoms with Gasteiger partial charge in [0.1, 0.15) is 5.75 Å². The topological polar surface area (TPSA) is 30.5 Å². The van der Waals surface area contributed by atoms with Gasteiger partial charge >= 0.3 is 0 Å². The summed E-state index contributed by atoms with van der Waals surface area (Å²) in [4.78, 5) is 0. The maximum absolute atomic E-state index is 6.10. The lowest BCUT2D eigenvalue weighted by Gasteiger charge is -2.31. The monoisotopic (exact) mass is 283 g/mol. The van der Waals surface area contributed by atoms with Gasteiger partial charge in [-0.3, -0.25) is 0 Å². The Morgan fingerprint density at radius 2 is 2.16 bits per heavy atom. The van der Waals surface area contributed by atoms with Crippen molar-refractivity contribution in [2.75, 3.05) is 26.9 Å². The van der Waals surface area contributed by atoms with Crippen molar-refractivity contribution in [3.63, 3.8) is 0 Å². The average Bonchev–Trinajstić information content (AvgIpc) is 2.46. The first kappa shape index (κ1) is 14.6. The van der Waals surface area contributed by atoms with Crippen molar-refractivity contribution in [2.24, 2.45) is 5.92 Å². The molecule has 106 valence electrons. The minimum atomic E-state index is 0.347. The zero-order valence-electron chi connectivity index (χ0n) is 11.6. The van der Waals surface area contributed by atoms with Gasteiger partial charge in [-0.05, 0) is 43.0 Å². The van der Waals surface area contributed by atoms with Gasteiger partial charge in [-0.1, -0.05) is 24.6 Å². The van der Waals surface area contributed by atoms with E-state index < -0.39 is 0 Å². The van der Waals surface area contributed by atoms with Crippen molar-refractivity contribution >= 4 is 11.6 Å². The Labute approximate surface area is 120 Å². The van der Waals surface area contributed by atoms with Crippen LogP contribution in [0, 0.1) is 5.92 Å².